The summed E-state index contributed by atoms with van der Waals surface area (Å²) in [6.45, 7) is -0.733. The molecule has 0 fully saturated rings. The van der Waals surface area contributed by atoms with Crippen molar-refractivity contribution in [3.05, 3.63) is 64.5 Å². The first-order valence-corrected chi connectivity index (χ1v) is 8.72. The number of nitriles is 1. The Bertz CT molecular complexity index is 966. The molecule has 0 bridgehead atoms. The van der Waals surface area contributed by atoms with E-state index in [1.54, 1.807) is 6.07 Å². The van der Waals surface area contributed by atoms with Gasteiger partial charge in [0.05, 0.1) is 22.9 Å². The lowest BCUT2D eigenvalue weighted by atomic mass is 10.1. The Balaban J connectivity index is 2.19. The Morgan fingerprint density at radius 2 is 1.81 bits per heavy atom. The molecule has 2 rings (SSSR count). The molecule has 2 aromatic rings. The van der Waals surface area contributed by atoms with Crippen molar-refractivity contribution in [2.75, 3.05) is 0 Å². The average Bonchev–Trinajstić information content (AvgIpc) is 2.53. The second kappa shape index (κ2) is 7.31. The first-order valence-electron chi connectivity index (χ1n) is 7.07. The van der Waals surface area contributed by atoms with Gasteiger partial charge in [-0.15, -0.1) is 0 Å². The van der Waals surface area contributed by atoms with Crippen LogP contribution < -0.4 is 4.72 Å². The SMILES string of the molecule is N#Cc1ccc(CS(=O)(=O)NCc2cc(O)ccc2C(F)(F)F)c(F)c1. The van der Waals surface area contributed by atoms with E-state index in [2.05, 4.69) is 0 Å². The summed E-state index contributed by atoms with van der Waals surface area (Å²) in [5.74, 6) is -2.18. The van der Waals surface area contributed by atoms with Gasteiger partial charge in [-0.05, 0) is 35.9 Å². The summed E-state index contributed by atoms with van der Waals surface area (Å²) < 4.78 is 78.6. The van der Waals surface area contributed by atoms with Crippen LogP contribution in [0.1, 0.15) is 22.3 Å². The number of phenols is 1. The molecule has 0 saturated heterocycles. The molecule has 2 N–H and O–H groups in total. The highest BCUT2D eigenvalue weighted by Gasteiger charge is 2.33. The molecule has 0 aromatic heterocycles. The maximum atomic E-state index is 13.8. The van der Waals surface area contributed by atoms with E-state index < -0.39 is 51.2 Å². The van der Waals surface area contributed by atoms with Crippen LogP contribution in [0.5, 0.6) is 5.75 Å². The summed E-state index contributed by atoms with van der Waals surface area (Å²) >= 11 is 0. The fourth-order valence-corrected chi connectivity index (χ4v) is 3.30. The lowest BCUT2D eigenvalue weighted by molar-refractivity contribution is -0.138. The lowest BCUT2D eigenvalue weighted by Gasteiger charge is -2.14. The summed E-state index contributed by atoms with van der Waals surface area (Å²) in [5.41, 5.74) is -1.79. The first-order chi connectivity index (χ1) is 12.0. The van der Waals surface area contributed by atoms with E-state index in [-0.39, 0.29) is 11.1 Å². The number of nitrogens with one attached hydrogen (secondary N) is 1. The molecule has 0 spiro atoms. The highest BCUT2D eigenvalue weighted by molar-refractivity contribution is 7.88. The van der Waals surface area contributed by atoms with Gasteiger partial charge < -0.3 is 5.11 Å². The molecule has 26 heavy (non-hydrogen) atoms. The number of nitrogens with zero attached hydrogens (tertiary/aromatic N) is 1. The van der Waals surface area contributed by atoms with Gasteiger partial charge in [-0.25, -0.2) is 17.5 Å². The van der Waals surface area contributed by atoms with Gasteiger partial charge in [-0.1, -0.05) is 6.07 Å². The van der Waals surface area contributed by atoms with Gasteiger partial charge in [0.15, 0.2) is 0 Å². The molecule has 0 amide bonds. The zero-order valence-electron chi connectivity index (χ0n) is 13.0. The summed E-state index contributed by atoms with van der Waals surface area (Å²) in [6, 6.07) is 7.18. The number of alkyl halides is 3. The van der Waals surface area contributed by atoms with Crippen molar-refractivity contribution in [3.8, 4) is 11.8 Å². The number of hydrogen-bond acceptors (Lipinski definition) is 4. The van der Waals surface area contributed by atoms with Crippen molar-refractivity contribution in [1.82, 2.24) is 4.72 Å². The van der Waals surface area contributed by atoms with Crippen LogP contribution >= 0.6 is 0 Å². The van der Waals surface area contributed by atoms with Gasteiger partial charge in [0.25, 0.3) is 0 Å². The van der Waals surface area contributed by atoms with Crippen LogP contribution in [-0.2, 0) is 28.5 Å². The van der Waals surface area contributed by atoms with Crippen LogP contribution in [0.25, 0.3) is 0 Å². The number of rotatable bonds is 5. The van der Waals surface area contributed by atoms with E-state index in [1.165, 1.54) is 6.07 Å². The fraction of sp³-hybridized carbons (Fsp3) is 0.188. The molecule has 138 valence electrons. The quantitative estimate of drug-likeness (QED) is 0.771. The molecule has 0 heterocycles. The van der Waals surface area contributed by atoms with Gasteiger partial charge in [-0.2, -0.15) is 18.4 Å². The monoisotopic (exact) mass is 388 g/mol. The predicted octanol–water partition coefficient (Wildman–Crippen LogP) is 3.04. The molecular formula is C16H12F4N2O3S. The normalized spacial score (nSPS) is 12.0. The van der Waals surface area contributed by atoms with E-state index in [0.29, 0.717) is 6.07 Å². The molecule has 0 aliphatic carbocycles. The Morgan fingerprint density at radius 3 is 2.38 bits per heavy atom. The van der Waals surface area contributed by atoms with E-state index in [1.807, 2.05) is 4.72 Å². The summed E-state index contributed by atoms with van der Waals surface area (Å²) in [6.07, 6.45) is -4.73. The number of hydrogen-bond donors (Lipinski definition) is 2. The van der Waals surface area contributed by atoms with E-state index >= 15 is 0 Å². The maximum Gasteiger partial charge on any atom is 0.416 e. The third kappa shape index (κ3) is 4.93. The maximum absolute atomic E-state index is 13.8. The van der Waals surface area contributed by atoms with Crippen molar-refractivity contribution in [2.24, 2.45) is 0 Å². The van der Waals surface area contributed by atoms with Gasteiger partial charge in [0.2, 0.25) is 10.0 Å². The van der Waals surface area contributed by atoms with Crippen LogP contribution in [0.3, 0.4) is 0 Å². The van der Waals surface area contributed by atoms with Crippen LogP contribution in [0.4, 0.5) is 17.6 Å². The van der Waals surface area contributed by atoms with Crippen LogP contribution in [0, 0.1) is 17.1 Å². The first kappa shape index (κ1) is 19.7. The standard InChI is InChI=1S/C16H12F4N2O3S/c17-15-5-10(7-21)1-2-11(15)9-26(24,25)22-8-12-6-13(23)3-4-14(12)16(18,19)20/h1-6,22-23H,8-9H2. The van der Waals surface area contributed by atoms with Crippen molar-refractivity contribution in [2.45, 2.75) is 18.5 Å². The van der Waals surface area contributed by atoms with Crippen LogP contribution in [0.15, 0.2) is 36.4 Å². The molecule has 0 unspecified atom stereocenters. The van der Waals surface area contributed by atoms with E-state index in [0.717, 1.165) is 24.3 Å². The minimum absolute atomic E-state index is 0.00573. The van der Waals surface area contributed by atoms with Gasteiger partial charge >= 0.3 is 6.18 Å². The molecule has 0 radical (unpaired) electrons. The van der Waals surface area contributed by atoms with Crippen molar-refractivity contribution >= 4 is 10.0 Å². The third-order valence-electron chi connectivity index (χ3n) is 3.40. The van der Waals surface area contributed by atoms with E-state index in [4.69, 9.17) is 5.26 Å². The third-order valence-corrected chi connectivity index (χ3v) is 4.68. The number of sulfonamides is 1. The van der Waals surface area contributed by atoms with Crippen molar-refractivity contribution in [1.29, 1.82) is 5.26 Å². The number of phenolic OH excluding ortho intramolecular Hbond substituents is 1. The number of benzene rings is 2. The highest BCUT2D eigenvalue weighted by Crippen LogP contribution is 2.33. The summed E-state index contributed by atoms with van der Waals surface area (Å²) in [5, 5.41) is 18.0. The number of halogens is 4. The second-order valence-electron chi connectivity index (χ2n) is 5.34. The van der Waals surface area contributed by atoms with Crippen LogP contribution in [0.2, 0.25) is 0 Å². The molecule has 5 nitrogen and oxygen atoms in total. The number of aromatic hydroxyl groups is 1. The molecule has 0 saturated carbocycles. The van der Waals surface area contributed by atoms with Gasteiger partial charge in [0.1, 0.15) is 11.6 Å². The van der Waals surface area contributed by atoms with Crippen molar-refractivity contribution < 1.29 is 31.1 Å². The second-order valence-corrected chi connectivity index (χ2v) is 7.14. The highest BCUT2D eigenvalue weighted by atomic mass is 32.2. The Labute approximate surface area is 146 Å². The predicted molar refractivity (Wildman–Crippen MR) is 83.7 cm³/mol. The summed E-state index contributed by atoms with van der Waals surface area (Å²) in [7, 11) is -4.17. The molecule has 2 aromatic carbocycles. The Kier molecular flexibility index (Phi) is 5.53. The zero-order chi connectivity index (χ0) is 19.5. The molecule has 0 aliphatic heterocycles. The Morgan fingerprint density at radius 1 is 1.12 bits per heavy atom. The largest absolute Gasteiger partial charge is 0.508 e. The fourth-order valence-electron chi connectivity index (χ4n) is 2.18. The Hall–Kier alpha value is -2.64. The topological polar surface area (TPSA) is 90.2 Å². The van der Waals surface area contributed by atoms with Crippen molar-refractivity contribution in [3.63, 3.8) is 0 Å². The van der Waals surface area contributed by atoms with Gasteiger partial charge in [0, 0.05) is 12.1 Å². The summed E-state index contributed by atoms with van der Waals surface area (Å²) in [4.78, 5) is 0. The minimum Gasteiger partial charge on any atom is -0.508 e. The van der Waals surface area contributed by atoms with Crippen LogP contribution in [-0.4, -0.2) is 13.5 Å². The zero-order valence-corrected chi connectivity index (χ0v) is 13.8. The van der Waals surface area contributed by atoms with Gasteiger partial charge in [-0.3, -0.25) is 0 Å². The minimum atomic E-state index is -4.73. The molecule has 0 atom stereocenters. The van der Waals surface area contributed by atoms with E-state index in [9.17, 15) is 31.1 Å². The molecule has 10 heteroatoms. The smallest absolute Gasteiger partial charge is 0.416 e. The average molecular weight is 388 g/mol. The lowest BCUT2D eigenvalue weighted by Crippen LogP contribution is -2.26. The molecule has 0 aliphatic rings. The molecular weight excluding hydrogens is 376 g/mol.